The maximum absolute atomic E-state index is 11.4. The zero-order valence-electron chi connectivity index (χ0n) is 7.24. The fourth-order valence-corrected chi connectivity index (χ4v) is 1.97. The van der Waals surface area contributed by atoms with Gasteiger partial charge in [0.15, 0.2) is 0 Å². The third-order valence-electron chi connectivity index (χ3n) is 1.46. The van der Waals surface area contributed by atoms with Crippen molar-refractivity contribution in [2.75, 3.05) is 12.3 Å². The molecule has 0 aliphatic rings. The highest BCUT2D eigenvalue weighted by Gasteiger charge is 2.17. The Morgan fingerprint density at radius 2 is 2.38 bits per heavy atom. The molecule has 1 aromatic rings. The Hall–Kier alpha value is -1.08. The fourth-order valence-electron chi connectivity index (χ4n) is 0.813. The molecule has 0 amide bonds. The van der Waals surface area contributed by atoms with Crippen molar-refractivity contribution >= 4 is 15.8 Å². The van der Waals surface area contributed by atoms with Gasteiger partial charge >= 0.3 is 0 Å². The van der Waals surface area contributed by atoms with Gasteiger partial charge in [0.05, 0.1) is 6.20 Å². The maximum Gasteiger partial charge on any atom is 0.245 e. The van der Waals surface area contributed by atoms with Crippen LogP contribution in [-0.2, 0) is 10.0 Å². The number of hydrogen-bond acceptors (Lipinski definition) is 4. The van der Waals surface area contributed by atoms with Crippen LogP contribution < -0.4 is 10.5 Å². The van der Waals surface area contributed by atoms with Gasteiger partial charge in [-0.05, 0) is 6.42 Å². The number of nitrogens with one attached hydrogen (secondary N) is 2. The van der Waals surface area contributed by atoms with E-state index >= 15 is 0 Å². The van der Waals surface area contributed by atoms with Gasteiger partial charge in [0, 0.05) is 6.54 Å². The van der Waals surface area contributed by atoms with Crippen LogP contribution in [0.3, 0.4) is 0 Å². The number of hydrogen-bond donors (Lipinski definition) is 3. The van der Waals surface area contributed by atoms with Gasteiger partial charge in [-0.25, -0.2) is 13.1 Å². The summed E-state index contributed by atoms with van der Waals surface area (Å²) in [5.41, 5.74) is 5.36. The van der Waals surface area contributed by atoms with Crippen molar-refractivity contribution in [1.82, 2.24) is 14.9 Å². The number of nitrogens with zero attached hydrogens (tertiary/aromatic N) is 1. The summed E-state index contributed by atoms with van der Waals surface area (Å²) in [7, 11) is -3.48. The van der Waals surface area contributed by atoms with Gasteiger partial charge in [0.25, 0.3) is 0 Å². The van der Waals surface area contributed by atoms with Gasteiger partial charge in [-0.2, -0.15) is 5.10 Å². The molecule has 1 rings (SSSR count). The lowest BCUT2D eigenvalue weighted by Gasteiger charge is -2.02. The van der Waals surface area contributed by atoms with Crippen LogP contribution in [-0.4, -0.2) is 25.2 Å². The molecule has 13 heavy (non-hydrogen) atoms. The summed E-state index contributed by atoms with van der Waals surface area (Å²) in [6.45, 7) is 2.27. The fraction of sp³-hybridized carbons (Fsp3) is 0.500. The topological polar surface area (TPSA) is 101 Å². The number of sulfonamides is 1. The second-order valence-electron chi connectivity index (χ2n) is 2.55. The summed E-state index contributed by atoms with van der Waals surface area (Å²) in [6, 6.07) is 0. The molecule has 74 valence electrons. The van der Waals surface area contributed by atoms with Crippen molar-refractivity contribution in [3.05, 3.63) is 6.20 Å². The number of anilines is 1. The van der Waals surface area contributed by atoms with E-state index in [-0.39, 0.29) is 10.7 Å². The minimum absolute atomic E-state index is 0.000880. The summed E-state index contributed by atoms with van der Waals surface area (Å²) >= 11 is 0. The summed E-state index contributed by atoms with van der Waals surface area (Å²) in [5, 5.41) is 5.89. The monoisotopic (exact) mass is 204 g/mol. The molecule has 0 aliphatic heterocycles. The van der Waals surface area contributed by atoms with Crippen LogP contribution in [0.1, 0.15) is 13.3 Å². The predicted molar refractivity (Wildman–Crippen MR) is 48.5 cm³/mol. The number of aromatic amines is 1. The molecule has 4 N–H and O–H groups in total. The standard InChI is InChI=1S/C6H12N4O2S/c1-2-3-9-13(11,12)5-4-8-10-6(5)7/h4,9H,2-3H2,1H3,(H3,7,8,10). The van der Waals surface area contributed by atoms with E-state index in [2.05, 4.69) is 14.9 Å². The summed E-state index contributed by atoms with van der Waals surface area (Å²) in [6.07, 6.45) is 1.92. The lowest BCUT2D eigenvalue weighted by molar-refractivity contribution is 0.581. The Kier molecular flexibility index (Phi) is 2.89. The van der Waals surface area contributed by atoms with Gasteiger partial charge in [-0.15, -0.1) is 0 Å². The van der Waals surface area contributed by atoms with E-state index in [0.717, 1.165) is 6.42 Å². The SMILES string of the molecule is CCCNS(=O)(=O)c1cn[nH]c1N. The van der Waals surface area contributed by atoms with Gasteiger partial charge in [-0.1, -0.05) is 6.92 Å². The van der Waals surface area contributed by atoms with Gasteiger partial charge in [0.2, 0.25) is 10.0 Å². The van der Waals surface area contributed by atoms with Crippen LogP contribution in [0, 0.1) is 0 Å². The zero-order valence-corrected chi connectivity index (χ0v) is 8.06. The molecule has 7 heteroatoms. The number of aromatic nitrogens is 2. The molecule has 1 heterocycles. The van der Waals surface area contributed by atoms with Gasteiger partial charge in [-0.3, -0.25) is 5.10 Å². The first kappa shape index (κ1) is 10.0. The van der Waals surface area contributed by atoms with Crippen LogP contribution >= 0.6 is 0 Å². The second kappa shape index (κ2) is 3.75. The van der Waals surface area contributed by atoms with Crippen LogP contribution in [0.2, 0.25) is 0 Å². The molecule has 0 saturated carbocycles. The van der Waals surface area contributed by atoms with Gasteiger partial charge < -0.3 is 5.73 Å². The average molecular weight is 204 g/mol. The smallest absolute Gasteiger partial charge is 0.245 e. The van der Waals surface area contributed by atoms with E-state index in [1.165, 1.54) is 6.20 Å². The van der Waals surface area contributed by atoms with Crippen molar-refractivity contribution < 1.29 is 8.42 Å². The predicted octanol–water partition coefficient (Wildman–Crippen LogP) is -0.320. The summed E-state index contributed by atoms with van der Waals surface area (Å²) in [5.74, 6) is 0.0589. The van der Waals surface area contributed by atoms with E-state index in [4.69, 9.17) is 5.73 Å². The lowest BCUT2D eigenvalue weighted by Crippen LogP contribution is -2.24. The van der Waals surface area contributed by atoms with Crippen molar-refractivity contribution in [3.63, 3.8) is 0 Å². The first-order valence-corrected chi connectivity index (χ1v) is 5.34. The number of H-pyrrole nitrogens is 1. The molecule has 0 fully saturated rings. The summed E-state index contributed by atoms with van der Waals surface area (Å²) < 4.78 is 25.2. The minimum atomic E-state index is -3.48. The van der Waals surface area contributed by atoms with E-state index in [9.17, 15) is 8.42 Å². The van der Waals surface area contributed by atoms with Crippen LogP contribution in [0.4, 0.5) is 5.82 Å². The molecule has 0 bridgehead atoms. The van der Waals surface area contributed by atoms with E-state index < -0.39 is 10.0 Å². The molecular weight excluding hydrogens is 192 g/mol. The molecule has 0 aromatic carbocycles. The molecule has 0 spiro atoms. The highest BCUT2D eigenvalue weighted by molar-refractivity contribution is 7.89. The molecule has 0 aliphatic carbocycles. The number of rotatable bonds is 4. The molecule has 0 saturated heterocycles. The third kappa shape index (κ3) is 2.19. The van der Waals surface area contributed by atoms with Crippen molar-refractivity contribution in [2.24, 2.45) is 0 Å². The first-order valence-electron chi connectivity index (χ1n) is 3.86. The van der Waals surface area contributed by atoms with E-state index in [1.807, 2.05) is 6.92 Å². The lowest BCUT2D eigenvalue weighted by atomic mass is 10.5. The van der Waals surface area contributed by atoms with E-state index in [0.29, 0.717) is 6.54 Å². The Balaban J connectivity index is 2.88. The van der Waals surface area contributed by atoms with E-state index in [1.54, 1.807) is 0 Å². The summed E-state index contributed by atoms with van der Waals surface area (Å²) in [4.78, 5) is 0.000880. The Morgan fingerprint density at radius 1 is 1.69 bits per heavy atom. The Morgan fingerprint density at radius 3 is 2.85 bits per heavy atom. The minimum Gasteiger partial charge on any atom is -0.383 e. The molecule has 6 nitrogen and oxygen atoms in total. The zero-order chi connectivity index (χ0) is 9.90. The molecular formula is C6H12N4O2S. The quantitative estimate of drug-likeness (QED) is 0.625. The highest BCUT2D eigenvalue weighted by atomic mass is 32.2. The maximum atomic E-state index is 11.4. The largest absolute Gasteiger partial charge is 0.383 e. The third-order valence-corrected chi connectivity index (χ3v) is 2.95. The number of nitrogens with two attached hydrogens (primary N) is 1. The first-order chi connectivity index (χ1) is 6.08. The molecule has 0 radical (unpaired) electrons. The van der Waals surface area contributed by atoms with Crippen molar-refractivity contribution in [3.8, 4) is 0 Å². The van der Waals surface area contributed by atoms with Crippen molar-refractivity contribution in [2.45, 2.75) is 18.2 Å². The molecule has 0 atom stereocenters. The second-order valence-corrected chi connectivity index (χ2v) is 4.28. The molecule has 0 unspecified atom stereocenters. The van der Waals surface area contributed by atoms with Crippen LogP contribution in [0.25, 0.3) is 0 Å². The highest BCUT2D eigenvalue weighted by Crippen LogP contribution is 2.12. The van der Waals surface area contributed by atoms with Crippen molar-refractivity contribution in [1.29, 1.82) is 0 Å². The normalized spacial score (nSPS) is 11.8. The van der Waals surface area contributed by atoms with Crippen LogP contribution in [0.5, 0.6) is 0 Å². The van der Waals surface area contributed by atoms with Crippen LogP contribution in [0.15, 0.2) is 11.1 Å². The Labute approximate surface area is 76.6 Å². The van der Waals surface area contributed by atoms with Gasteiger partial charge in [0.1, 0.15) is 10.7 Å². The number of nitrogen functional groups attached to an aromatic ring is 1. The average Bonchev–Trinajstić information content (AvgIpc) is 2.48. The Bertz CT molecular complexity index is 370. The molecule has 1 aromatic heterocycles.